The second-order valence-electron chi connectivity index (χ2n) is 4.68. The van der Waals surface area contributed by atoms with Gasteiger partial charge in [0.2, 0.25) is 0 Å². The fourth-order valence-electron chi connectivity index (χ4n) is 1.98. The van der Waals surface area contributed by atoms with E-state index in [0.29, 0.717) is 11.4 Å². The van der Waals surface area contributed by atoms with E-state index >= 15 is 0 Å². The number of carbonyl (C=O) groups excluding carboxylic acids is 1. The first-order chi connectivity index (χ1) is 10.2. The van der Waals surface area contributed by atoms with Gasteiger partial charge in [-0.05, 0) is 23.9 Å². The quantitative estimate of drug-likeness (QED) is 0.787. The van der Waals surface area contributed by atoms with Gasteiger partial charge in [0.05, 0.1) is 11.1 Å². The Morgan fingerprint density at radius 1 is 1.29 bits per heavy atom. The van der Waals surface area contributed by atoms with E-state index in [1.807, 2.05) is 42.6 Å². The van der Waals surface area contributed by atoms with Gasteiger partial charge in [-0.15, -0.1) is 22.7 Å². The molecule has 0 unspecified atom stereocenters. The highest BCUT2D eigenvalue weighted by Crippen LogP contribution is 2.28. The maximum Gasteiger partial charge on any atom is 0.263 e. The van der Waals surface area contributed by atoms with Gasteiger partial charge in [0.25, 0.3) is 5.91 Å². The van der Waals surface area contributed by atoms with Crippen LogP contribution in [-0.4, -0.2) is 10.9 Å². The molecule has 21 heavy (non-hydrogen) atoms. The molecule has 3 aromatic rings. The Kier molecular flexibility index (Phi) is 4.13. The van der Waals surface area contributed by atoms with E-state index in [4.69, 9.17) is 0 Å². The van der Waals surface area contributed by atoms with Gasteiger partial charge in [-0.25, -0.2) is 4.98 Å². The Bertz CT molecular complexity index is 747. The number of amides is 1. The van der Waals surface area contributed by atoms with Crippen LogP contribution in [-0.2, 0) is 6.54 Å². The SMILES string of the molecule is Cc1cccc(CNC(=O)c2cnc(-c3cccs3)s2)c1. The molecular formula is C16H14N2OS2. The van der Waals surface area contributed by atoms with Crippen molar-refractivity contribution in [3.05, 3.63) is 64.0 Å². The predicted octanol–water partition coefficient (Wildman–Crippen LogP) is 4.11. The second kappa shape index (κ2) is 6.20. The molecule has 5 heteroatoms. The van der Waals surface area contributed by atoms with Gasteiger partial charge in [-0.1, -0.05) is 35.9 Å². The van der Waals surface area contributed by atoms with Crippen LogP contribution in [0.5, 0.6) is 0 Å². The lowest BCUT2D eigenvalue weighted by molar-refractivity contribution is 0.0954. The van der Waals surface area contributed by atoms with Crippen LogP contribution in [0.2, 0.25) is 0 Å². The first-order valence-electron chi connectivity index (χ1n) is 6.56. The molecule has 106 valence electrons. The average molecular weight is 314 g/mol. The zero-order valence-electron chi connectivity index (χ0n) is 11.5. The average Bonchev–Trinajstić information content (AvgIpc) is 3.15. The van der Waals surface area contributed by atoms with Gasteiger partial charge >= 0.3 is 0 Å². The fraction of sp³-hybridized carbons (Fsp3) is 0.125. The van der Waals surface area contributed by atoms with Crippen molar-refractivity contribution in [3.63, 3.8) is 0 Å². The monoisotopic (exact) mass is 314 g/mol. The summed E-state index contributed by atoms with van der Waals surface area (Å²) in [4.78, 5) is 18.2. The smallest absolute Gasteiger partial charge is 0.263 e. The first kappa shape index (κ1) is 14.0. The van der Waals surface area contributed by atoms with Crippen LogP contribution in [0, 0.1) is 6.92 Å². The number of hydrogen-bond donors (Lipinski definition) is 1. The normalized spacial score (nSPS) is 10.5. The van der Waals surface area contributed by atoms with Gasteiger partial charge < -0.3 is 5.32 Å². The topological polar surface area (TPSA) is 42.0 Å². The second-order valence-corrected chi connectivity index (χ2v) is 6.66. The van der Waals surface area contributed by atoms with Crippen molar-refractivity contribution in [2.75, 3.05) is 0 Å². The van der Waals surface area contributed by atoms with Gasteiger partial charge in [0.1, 0.15) is 9.88 Å². The lowest BCUT2D eigenvalue weighted by Crippen LogP contribution is -2.21. The molecule has 1 amide bonds. The summed E-state index contributed by atoms with van der Waals surface area (Å²) in [6, 6.07) is 12.1. The Hall–Kier alpha value is -1.98. The molecule has 0 saturated carbocycles. The number of nitrogens with zero attached hydrogens (tertiary/aromatic N) is 1. The van der Waals surface area contributed by atoms with Crippen molar-refractivity contribution in [1.29, 1.82) is 0 Å². The van der Waals surface area contributed by atoms with E-state index in [2.05, 4.69) is 16.4 Å². The Balaban J connectivity index is 1.66. The minimum absolute atomic E-state index is 0.0724. The minimum Gasteiger partial charge on any atom is -0.347 e. The van der Waals surface area contributed by atoms with E-state index < -0.39 is 0 Å². The first-order valence-corrected chi connectivity index (χ1v) is 8.25. The highest BCUT2D eigenvalue weighted by molar-refractivity contribution is 7.21. The highest BCUT2D eigenvalue weighted by atomic mass is 32.1. The molecule has 0 aliphatic carbocycles. The molecule has 0 saturated heterocycles. The molecule has 0 aliphatic heterocycles. The van der Waals surface area contributed by atoms with Gasteiger partial charge in [-0.3, -0.25) is 4.79 Å². The number of benzene rings is 1. The Labute approximate surface area is 131 Å². The van der Waals surface area contributed by atoms with Crippen LogP contribution in [0.3, 0.4) is 0 Å². The number of thiophene rings is 1. The largest absolute Gasteiger partial charge is 0.347 e. The lowest BCUT2D eigenvalue weighted by Gasteiger charge is -2.04. The molecule has 0 bridgehead atoms. The lowest BCUT2D eigenvalue weighted by atomic mass is 10.1. The molecule has 0 aliphatic rings. The number of nitrogens with one attached hydrogen (secondary N) is 1. The number of hydrogen-bond acceptors (Lipinski definition) is 4. The van der Waals surface area contributed by atoms with E-state index in [1.54, 1.807) is 17.5 Å². The molecular weight excluding hydrogens is 300 g/mol. The molecule has 0 radical (unpaired) electrons. The zero-order valence-corrected chi connectivity index (χ0v) is 13.1. The summed E-state index contributed by atoms with van der Waals surface area (Å²) in [7, 11) is 0. The summed E-state index contributed by atoms with van der Waals surface area (Å²) < 4.78 is 0. The summed E-state index contributed by atoms with van der Waals surface area (Å²) in [6.07, 6.45) is 1.64. The minimum atomic E-state index is -0.0724. The third-order valence-corrected chi connectivity index (χ3v) is 5.03. The molecule has 0 fully saturated rings. The third-order valence-electron chi connectivity index (χ3n) is 3.00. The summed E-state index contributed by atoms with van der Waals surface area (Å²) in [5.74, 6) is -0.0724. The van der Waals surface area contributed by atoms with E-state index in [1.165, 1.54) is 16.9 Å². The van der Waals surface area contributed by atoms with Crippen LogP contribution >= 0.6 is 22.7 Å². The summed E-state index contributed by atoms with van der Waals surface area (Å²) in [5, 5.41) is 5.84. The fourth-order valence-corrected chi connectivity index (χ4v) is 3.62. The molecule has 1 N–H and O–H groups in total. The van der Waals surface area contributed by atoms with E-state index in [9.17, 15) is 4.79 Å². The van der Waals surface area contributed by atoms with Crippen molar-refractivity contribution >= 4 is 28.6 Å². The molecule has 3 nitrogen and oxygen atoms in total. The molecule has 1 aromatic carbocycles. The van der Waals surface area contributed by atoms with Crippen molar-refractivity contribution in [3.8, 4) is 9.88 Å². The summed E-state index contributed by atoms with van der Waals surface area (Å²) >= 11 is 3.05. The van der Waals surface area contributed by atoms with Crippen molar-refractivity contribution in [2.24, 2.45) is 0 Å². The van der Waals surface area contributed by atoms with E-state index in [-0.39, 0.29) is 5.91 Å². The van der Waals surface area contributed by atoms with Crippen molar-refractivity contribution < 1.29 is 4.79 Å². The summed E-state index contributed by atoms with van der Waals surface area (Å²) in [5.41, 5.74) is 2.30. The standard InChI is InChI=1S/C16H14N2OS2/c1-11-4-2-5-12(8-11)9-17-15(19)14-10-18-16(21-14)13-6-3-7-20-13/h2-8,10H,9H2,1H3,(H,17,19). The number of thiazole rings is 1. The van der Waals surface area contributed by atoms with Gasteiger partial charge in [0.15, 0.2) is 0 Å². The Morgan fingerprint density at radius 2 is 2.19 bits per heavy atom. The molecule has 2 aromatic heterocycles. The zero-order chi connectivity index (χ0) is 14.7. The predicted molar refractivity (Wildman–Crippen MR) is 87.8 cm³/mol. The molecule has 3 rings (SSSR count). The van der Waals surface area contributed by atoms with Crippen molar-refractivity contribution in [1.82, 2.24) is 10.3 Å². The maximum atomic E-state index is 12.1. The third kappa shape index (κ3) is 3.37. The van der Waals surface area contributed by atoms with Crippen molar-refractivity contribution in [2.45, 2.75) is 13.5 Å². The molecule has 0 spiro atoms. The number of aryl methyl sites for hydroxylation is 1. The molecule has 0 atom stereocenters. The van der Waals surface area contributed by atoms with Crippen LogP contribution < -0.4 is 5.32 Å². The van der Waals surface area contributed by atoms with Crippen LogP contribution in [0.25, 0.3) is 9.88 Å². The highest BCUT2D eigenvalue weighted by Gasteiger charge is 2.11. The van der Waals surface area contributed by atoms with E-state index in [0.717, 1.165) is 15.4 Å². The number of rotatable bonds is 4. The van der Waals surface area contributed by atoms with Crippen LogP contribution in [0.1, 0.15) is 20.8 Å². The number of aromatic nitrogens is 1. The van der Waals surface area contributed by atoms with Crippen LogP contribution in [0.4, 0.5) is 0 Å². The number of carbonyl (C=O) groups is 1. The van der Waals surface area contributed by atoms with Crippen LogP contribution in [0.15, 0.2) is 48.0 Å². The van der Waals surface area contributed by atoms with Gasteiger partial charge in [-0.2, -0.15) is 0 Å². The van der Waals surface area contributed by atoms with Gasteiger partial charge in [0, 0.05) is 6.54 Å². The molecule has 2 heterocycles. The maximum absolute atomic E-state index is 12.1. The Morgan fingerprint density at radius 3 is 2.95 bits per heavy atom. The summed E-state index contributed by atoms with van der Waals surface area (Å²) in [6.45, 7) is 2.58.